The number of phenols is 3. The summed E-state index contributed by atoms with van der Waals surface area (Å²) in [4.78, 5) is 35.6. The zero-order valence-electron chi connectivity index (χ0n) is 17.2. The molecule has 1 aromatic heterocycles. The predicted octanol–water partition coefficient (Wildman–Crippen LogP) is 5.61. The summed E-state index contributed by atoms with van der Waals surface area (Å²) in [5.41, 5.74) is -0.407. The van der Waals surface area contributed by atoms with Gasteiger partial charge in [-0.3, -0.25) is 14.4 Å². The normalized spacial score (nSPS) is 11.9. The summed E-state index contributed by atoms with van der Waals surface area (Å²) in [5, 5.41) is 31.3. The van der Waals surface area contributed by atoms with Gasteiger partial charge in [0, 0.05) is 19.4 Å². The highest BCUT2D eigenvalue weighted by atomic mass is 79.9. The lowest BCUT2D eigenvalue weighted by atomic mass is 9.98. The maximum absolute atomic E-state index is 13.5. The molecule has 0 bridgehead atoms. The van der Waals surface area contributed by atoms with Crippen molar-refractivity contribution in [2.24, 2.45) is 0 Å². The Labute approximate surface area is 211 Å². The third-order valence-corrected chi connectivity index (χ3v) is 5.98. The highest BCUT2D eigenvalue weighted by Crippen LogP contribution is 2.53. The fourth-order valence-electron chi connectivity index (χ4n) is 3.11. The number of rotatable bonds is 5. The largest absolute Gasteiger partial charge is 0.504 e. The van der Waals surface area contributed by atoms with Gasteiger partial charge in [0.15, 0.2) is 22.9 Å². The van der Waals surface area contributed by atoms with E-state index in [0.717, 1.165) is 6.92 Å². The van der Waals surface area contributed by atoms with Crippen molar-refractivity contribution >= 4 is 76.5 Å². The summed E-state index contributed by atoms with van der Waals surface area (Å²) in [5.74, 6) is -5.09. The van der Waals surface area contributed by atoms with Crippen LogP contribution in [0.3, 0.4) is 0 Å². The molecule has 3 N–H and O–H groups in total. The molecule has 0 aliphatic heterocycles. The van der Waals surface area contributed by atoms with Gasteiger partial charge < -0.3 is 29.2 Å². The van der Waals surface area contributed by atoms with Crippen LogP contribution in [0.2, 0.25) is 0 Å². The zero-order valence-corrected chi connectivity index (χ0v) is 21.9. The molecule has 3 aromatic rings. The highest BCUT2D eigenvalue weighted by Gasteiger charge is 2.33. The van der Waals surface area contributed by atoms with Crippen LogP contribution >= 0.6 is 47.8 Å². The number of furan rings is 1. The molecule has 1 atom stereocenters. The summed E-state index contributed by atoms with van der Waals surface area (Å²) in [6, 6.07) is 2.80. The molecule has 0 spiro atoms. The van der Waals surface area contributed by atoms with E-state index in [-0.39, 0.29) is 33.6 Å². The van der Waals surface area contributed by atoms with E-state index in [2.05, 4.69) is 47.8 Å². The molecular formula is C21H15Br3O9. The lowest BCUT2D eigenvalue weighted by Gasteiger charge is -2.11. The van der Waals surface area contributed by atoms with Crippen LogP contribution in [0.4, 0.5) is 0 Å². The summed E-state index contributed by atoms with van der Waals surface area (Å²) >= 11 is 9.82. The molecule has 3 rings (SSSR count). The molecule has 0 saturated heterocycles. The standard InChI is InChI=1S/C21H15Br3O9/c1-6(22)18-12(14(27)9-4-10(23)19(11(24)5-9)31-7(2)25)13-15(28)16(29)21(32-8(3)26)17(30)20(13)33-18/h4-6,28-30H,1-3H3. The number of halogens is 3. The van der Waals surface area contributed by atoms with Crippen molar-refractivity contribution in [2.75, 3.05) is 0 Å². The van der Waals surface area contributed by atoms with Gasteiger partial charge >= 0.3 is 11.9 Å². The molecule has 2 aromatic carbocycles. The first-order valence-corrected chi connectivity index (χ1v) is 11.6. The number of benzene rings is 2. The SMILES string of the molecule is CC(=O)Oc1c(Br)cc(C(=O)c2c(C(C)Br)oc3c(O)c(OC(C)=O)c(O)c(O)c23)cc1Br. The van der Waals surface area contributed by atoms with Gasteiger partial charge in [-0.2, -0.15) is 0 Å². The number of phenolic OH excluding ortho intramolecular Hbond substituents is 3. The van der Waals surface area contributed by atoms with Crippen molar-refractivity contribution in [1.82, 2.24) is 0 Å². The van der Waals surface area contributed by atoms with Crippen molar-refractivity contribution in [2.45, 2.75) is 25.6 Å². The second-order valence-corrected chi connectivity index (χ2v) is 9.90. The van der Waals surface area contributed by atoms with Crippen LogP contribution in [0.1, 0.15) is 47.3 Å². The lowest BCUT2D eigenvalue weighted by Crippen LogP contribution is -2.07. The van der Waals surface area contributed by atoms with Crippen LogP contribution < -0.4 is 9.47 Å². The number of carbonyl (C=O) groups excluding carboxylic acids is 3. The number of carbonyl (C=O) groups is 3. The molecule has 0 radical (unpaired) electrons. The number of aromatic hydroxyl groups is 3. The lowest BCUT2D eigenvalue weighted by molar-refractivity contribution is -0.133. The molecular weight excluding hydrogens is 636 g/mol. The molecule has 174 valence electrons. The molecule has 0 fully saturated rings. The molecule has 0 aliphatic carbocycles. The molecule has 0 saturated carbocycles. The minimum Gasteiger partial charge on any atom is -0.504 e. The Hall–Kier alpha value is -2.57. The van der Waals surface area contributed by atoms with Gasteiger partial charge in [0.1, 0.15) is 5.76 Å². The van der Waals surface area contributed by atoms with Gasteiger partial charge in [0.2, 0.25) is 17.2 Å². The number of hydrogen-bond donors (Lipinski definition) is 3. The number of fused-ring (bicyclic) bond motifs is 1. The quantitative estimate of drug-likeness (QED) is 0.0801. The van der Waals surface area contributed by atoms with Gasteiger partial charge in [-0.05, 0) is 50.9 Å². The Morgan fingerprint density at radius 2 is 1.42 bits per heavy atom. The van der Waals surface area contributed by atoms with E-state index in [9.17, 15) is 29.7 Å². The van der Waals surface area contributed by atoms with Crippen LogP contribution in [-0.2, 0) is 9.59 Å². The van der Waals surface area contributed by atoms with E-state index in [1.165, 1.54) is 19.1 Å². The van der Waals surface area contributed by atoms with E-state index in [1.54, 1.807) is 6.92 Å². The maximum Gasteiger partial charge on any atom is 0.308 e. The van der Waals surface area contributed by atoms with Crippen LogP contribution in [0.15, 0.2) is 25.5 Å². The van der Waals surface area contributed by atoms with E-state index in [4.69, 9.17) is 13.9 Å². The number of esters is 2. The summed E-state index contributed by atoms with van der Waals surface area (Å²) < 4.78 is 16.1. The van der Waals surface area contributed by atoms with E-state index in [0.29, 0.717) is 8.95 Å². The summed E-state index contributed by atoms with van der Waals surface area (Å²) in [6.07, 6.45) is 0. The predicted molar refractivity (Wildman–Crippen MR) is 126 cm³/mol. The van der Waals surface area contributed by atoms with Crippen LogP contribution in [0.5, 0.6) is 28.7 Å². The molecule has 12 heteroatoms. The smallest absolute Gasteiger partial charge is 0.308 e. The van der Waals surface area contributed by atoms with Gasteiger partial charge in [-0.1, -0.05) is 15.9 Å². The molecule has 0 aliphatic rings. The number of alkyl halides is 1. The minimum atomic E-state index is -0.939. The Balaban J connectivity index is 2.30. The van der Waals surface area contributed by atoms with Crippen molar-refractivity contribution in [3.8, 4) is 28.7 Å². The fourth-order valence-corrected chi connectivity index (χ4v) is 4.78. The summed E-state index contributed by atoms with van der Waals surface area (Å²) in [6.45, 7) is 3.91. The van der Waals surface area contributed by atoms with Crippen LogP contribution in [0, 0.1) is 0 Å². The molecule has 1 heterocycles. The number of ketones is 1. The van der Waals surface area contributed by atoms with E-state index in [1.807, 2.05) is 0 Å². The van der Waals surface area contributed by atoms with E-state index < -0.39 is 45.5 Å². The van der Waals surface area contributed by atoms with Crippen LogP contribution in [0.25, 0.3) is 11.0 Å². The summed E-state index contributed by atoms with van der Waals surface area (Å²) in [7, 11) is 0. The first-order valence-electron chi connectivity index (χ1n) is 9.12. The van der Waals surface area contributed by atoms with Gasteiger partial charge in [-0.25, -0.2) is 0 Å². The van der Waals surface area contributed by atoms with Crippen molar-refractivity contribution < 1.29 is 43.6 Å². The third kappa shape index (κ3) is 4.59. The van der Waals surface area contributed by atoms with Crippen molar-refractivity contribution in [3.05, 3.63) is 38.0 Å². The van der Waals surface area contributed by atoms with Crippen LogP contribution in [-0.4, -0.2) is 33.0 Å². The average molecular weight is 651 g/mol. The highest BCUT2D eigenvalue weighted by molar-refractivity contribution is 9.11. The van der Waals surface area contributed by atoms with Crippen molar-refractivity contribution in [1.29, 1.82) is 0 Å². The second-order valence-electron chi connectivity index (χ2n) is 6.82. The second kappa shape index (κ2) is 9.35. The molecule has 33 heavy (non-hydrogen) atoms. The molecule has 0 amide bonds. The third-order valence-electron chi connectivity index (χ3n) is 4.38. The molecule has 1 unspecified atom stereocenters. The number of ether oxygens (including phenoxy) is 2. The Morgan fingerprint density at radius 3 is 1.91 bits per heavy atom. The zero-order chi connectivity index (χ0) is 24.8. The molecule has 9 nitrogen and oxygen atoms in total. The Bertz CT molecular complexity index is 1300. The van der Waals surface area contributed by atoms with Crippen molar-refractivity contribution in [3.63, 3.8) is 0 Å². The van der Waals surface area contributed by atoms with Gasteiger partial charge in [0.25, 0.3) is 0 Å². The first-order chi connectivity index (χ1) is 15.3. The maximum atomic E-state index is 13.5. The monoisotopic (exact) mass is 648 g/mol. The number of hydrogen-bond acceptors (Lipinski definition) is 9. The average Bonchev–Trinajstić information content (AvgIpc) is 3.12. The Morgan fingerprint density at radius 1 is 0.909 bits per heavy atom. The van der Waals surface area contributed by atoms with Gasteiger partial charge in [-0.15, -0.1) is 0 Å². The first kappa shape index (κ1) is 25.1. The van der Waals surface area contributed by atoms with Gasteiger partial charge in [0.05, 0.1) is 24.7 Å². The minimum absolute atomic E-state index is 0.0382. The fraction of sp³-hybridized carbons (Fsp3) is 0.190. The van der Waals surface area contributed by atoms with E-state index >= 15 is 0 Å². The topological polar surface area (TPSA) is 144 Å². The Kier molecular flexibility index (Phi) is 7.10.